The van der Waals surface area contributed by atoms with Crippen LogP contribution in [0.2, 0.25) is 0 Å². The summed E-state index contributed by atoms with van der Waals surface area (Å²) in [7, 11) is 0. The van der Waals surface area contributed by atoms with Crippen LogP contribution in [-0.4, -0.2) is 24.4 Å². The SMILES string of the molecule is CC(F)(F)C(F)(F)CCCOC(=O)Cc1ccccc1. The van der Waals surface area contributed by atoms with E-state index in [1.165, 1.54) is 0 Å². The summed E-state index contributed by atoms with van der Waals surface area (Å²) in [6.07, 6.45) is -1.30. The third-order valence-electron chi connectivity index (χ3n) is 2.73. The predicted molar refractivity (Wildman–Crippen MR) is 65.9 cm³/mol. The quantitative estimate of drug-likeness (QED) is 0.433. The molecule has 0 spiro atoms. The van der Waals surface area contributed by atoms with E-state index in [2.05, 4.69) is 0 Å². The summed E-state index contributed by atoms with van der Waals surface area (Å²) < 4.78 is 55.6. The molecule has 1 rings (SSSR count). The van der Waals surface area contributed by atoms with E-state index in [1.54, 1.807) is 30.3 Å². The molecule has 0 unspecified atom stereocenters. The lowest BCUT2D eigenvalue weighted by Crippen LogP contribution is -2.37. The Hall–Kier alpha value is -1.59. The number of rotatable bonds is 7. The van der Waals surface area contributed by atoms with Gasteiger partial charge in [0.15, 0.2) is 0 Å². The van der Waals surface area contributed by atoms with Gasteiger partial charge < -0.3 is 4.74 Å². The van der Waals surface area contributed by atoms with E-state index in [1.807, 2.05) is 0 Å². The minimum absolute atomic E-state index is 0.0289. The molecule has 0 fully saturated rings. The monoisotopic (exact) mass is 292 g/mol. The number of benzene rings is 1. The van der Waals surface area contributed by atoms with Crippen molar-refractivity contribution in [3.8, 4) is 0 Å². The van der Waals surface area contributed by atoms with Crippen molar-refractivity contribution >= 4 is 5.97 Å². The lowest BCUT2D eigenvalue weighted by atomic mass is 10.1. The second-order valence-corrected chi connectivity index (χ2v) is 4.58. The molecule has 0 N–H and O–H groups in total. The highest BCUT2D eigenvalue weighted by Crippen LogP contribution is 2.37. The Balaban J connectivity index is 2.26. The van der Waals surface area contributed by atoms with Gasteiger partial charge in [0, 0.05) is 13.3 Å². The van der Waals surface area contributed by atoms with Crippen molar-refractivity contribution in [2.45, 2.75) is 38.0 Å². The van der Waals surface area contributed by atoms with Crippen LogP contribution in [0.4, 0.5) is 17.6 Å². The van der Waals surface area contributed by atoms with Gasteiger partial charge in [0.25, 0.3) is 0 Å². The number of halogens is 4. The molecule has 0 heterocycles. The van der Waals surface area contributed by atoms with E-state index in [9.17, 15) is 22.4 Å². The second kappa shape index (κ2) is 6.72. The van der Waals surface area contributed by atoms with Gasteiger partial charge >= 0.3 is 17.8 Å². The van der Waals surface area contributed by atoms with Gasteiger partial charge in [-0.25, -0.2) is 8.78 Å². The van der Waals surface area contributed by atoms with Crippen LogP contribution in [0.1, 0.15) is 25.3 Å². The Morgan fingerprint density at radius 3 is 2.30 bits per heavy atom. The minimum atomic E-state index is -4.08. The molecule has 20 heavy (non-hydrogen) atoms. The van der Waals surface area contributed by atoms with Crippen LogP contribution in [-0.2, 0) is 16.0 Å². The third-order valence-corrected chi connectivity index (χ3v) is 2.73. The Morgan fingerprint density at radius 1 is 1.15 bits per heavy atom. The molecule has 0 saturated heterocycles. The van der Waals surface area contributed by atoms with E-state index in [-0.39, 0.29) is 26.4 Å². The van der Waals surface area contributed by atoms with Gasteiger partial charge in [-0.05, 0) is 12.0 Å². The van der Waals surface area contributed by atoms with E-state index in [0.29, 0.717) is 0 Å². The molecule has 0 amide bonds. The topological polar surface area (TPSA) is 26.3 Å². The molecular formula is C14H16F4O2. The van der Waals surface area contributed by atoms with Crippen molar-refractivity contribution in [1.82, 2.24) is 0 Å². The maximum absolute atomic E-state index is 12.9. The maximum Gasteiger partial charge on any atom is 0.310 e. The summed E-state index contributed by atoms with van der Waals surface area (Å²) in [5, 5.41) is 0. The van der Waals surface area contributed by atoms with Crippen molar-refractivity contribution in [3.63, 3.8) is 0 Å². The molecule has 0 saturated carbocycles. The van der Waals surface area contributed by atoms with Crippen LogP contribution in [0.5, 0.6) is 0 Å². The number of ether oxygens (including phenoxy) is 1. The summed E-state index contributed by atoms with van der Waals surface area (Å²) in [5.74, 6) is -8.72. The first-order valence-electron chi connectivity index (χ1n) is 6.17. The molecule has 112 valence electrons. The van der Waals surface area contributed by atoms with Crippen molar-refractivity contribution < 1.29 is 27.1 Å². The Bertz CT molecular complexity index is 427. The first-order valence-corrected chi connectivity index (χ1v) is 6.17. The number of alkyl halides is 4. The first-order chi connectivity index (χ1) is 9.22. The van der Waals surface area contributed by atoms with Crippen molar-refractivity contribution in [1.29, 1.82) is 0 Å². The fourth-order valence-electron chi connectivity index (χ4n) is 1.51. The number of hydrogen-bond acceptors (Lipinski definition) is 2. The molecule has 0 radical (unpaired) electrons. The zero-order valence-corrected chi connectivity index (χ0v) is 11.0. The fraction of sp³-hybridized carbons (Fsp3) is 0.500. The van der Waals surface area contributed by atoms with Crippen LogP contribution in [0.15, 0.2) is 30.3 Å². The molecule has 2 nitrogen and oxygen atoms in total. The molecule has 0 aliphatic heterocycles. The molecule has 0 bridgehead atoms. The number of carbonyl (C=O) groups is 1. The van der Waals surface area contributed by atoms with E-state index >= 15 is 0 Å². The molecule has 0 aliphatic carbocycles. The lowest BCUT2D eigenvalue weighted by molar-refractivity contribution is -0.202. The van der Waals surface area contributed by atoms with Crippen LogP contribution in [0, 0.1) is 0 Å². The average Bonchev–Trinajstić information content (AvgIpc) is 2.34. The minimum Gasteiger partial charge on any atom is -0.465 e. The van der Waals surface area contributed by atoms with Gasteiger partial charge in [0.1, 0.15) is 0 Å². The van der Waals surface area contributed by atoms with Crippen LogP contribution in [0.25, 0.3) is 0 Å². The third kappa shape index (κ3) is 5.19. The maximum atomic E-state index is 12.9. The van der Waals surface area contributed by atoms with Gasteiger partial charge in [-0.1, -0.05) is 30.3 Å². The highest BCUT2D eigenvalue weighted by atomic mass is 19.3. The molecule has 0 atom stereocenters. The van der Waals surface area contributed by atoms with E-state index in [4.69, 9.17) is 4.74 Å². The second-order valence-electron chi connectivity index (χ2n) is 4.58. The van der Waals surface area contributed by atoms with E-state index < -0.39 is 24.2 Å². The highest BCUT2D eigenvalue weighted by molar-refractivity contribution is 5.72. The fourth-order valence-corrected chi connectivity index (χ4v) is 1.51. The summed E-state index contributed by atoms with van der Waals surface area (Å²) in [5.41, 5.74) is 0.739. The number of esters is 1. The summed E-state index contributed by atoms with van der Waals surface area (Å²) in [4.78, 5) is 11.4. The standard InChI is InChI=1S/C14H16F4O2/c1-13(15,16)14(17,18)8-5-9-20-12(19)10-11-6-3-2-4-7-11/h2-4,6-7H,5,8-10H2,1H3. The molecule has 0 aromatic heterocycles. The first kappa shape index (κ1) is 16.5. The smallest absolute Gasteiger partial charge is 0.310 e. The molecular weight excluding hydrogens is 276 g/mol. The molecule has 1 aromatic rings. The number of hydrogen-bond donors (Lipinski definition) is 0. The van der Waals surface area contributed by atoms with Crippen molar-refractivity contribution in [2.24, 2.45) is 0 Å². The van der Waals surface area contributed by atoms with Gasteiger partial charge in [-0.2, -0.15) is 8.78 Å². The van der Waals surface area contributed by atoms with Crippen LogP contribution < -0.4 is 0 Å². The van der Waals surface area contributed by atoms with Gasteiger partial charge in [-0.3, -0.25) is 4.79 Å². The van der Waals surface area contributed by atoms with Crippen LogP contribution in [0.3, 0.4) is 0 Å². The summed E-state index contributed by atoms with van der Waals surface area (Å²) in [6.45, 7) is -0.119. The zero-order valence-electron chi connectivity index (χ0n) is 11.0. The largest absolute Gasteiger partial charge is 0.465 e. The van der Waals surface area contributed by atoms with Crippen molar-refractivity contribution in [2.75, 3.05) is 6.61 Å². The van der Waals surface area contributed by atoms with Crippen molar-refractivity contribution in [3.05, 3.63) is 35.9 Å². The predicted octanol–water partition coefficient (Wildman–Crippen LogP) is 3.84. The highest BCUT2D eigenvalue weighted by Gasteiger charge is 2.51. The molecule has 0 aliphatic rings. The van der Waals surface area contributed by atoms with E-state index in [0.717, 1.165) is 5.56 Å². The Kier molecular flexibility index (Phi) is 5.53. The summed E-state index contributed by atoms with van der Waals surface area (Å²) >= 11 is 0. The summed E-state index contributed by atoms with van der Waals surface area (Å²) in [6, 6.07) is 8.76. The van der Waals surface area contributed by atoms with Gasteiger partial charge in [-0.15, -0.1) is 0 Å². The average molecular weight is 292 g/mol. The van der Waals surface area contributed by atoms with Crippen LogP contribution >= 0.6 is 0 Å². The zero-order chi connectivity index (χ0) is 15.2. The number of carbonyl (C=O) groups excluding carboxylic acids is 1. The molecule has 6 heteroatoms. The molecule has 1 aromatic carbocycles. The Morgan fingerprint density at radius 2 is 1.75 bits per heavy atom. The Labute approximate surface area is 114 Å². The van der Waals surface area contributed by atoms with Gasteiger partial charge in [0.2, 0.25) is 0 Å². The normalized spacial score (nSPS) is 12.2. The van der Waals surface area contributed by atoms with Gasteiger partial charge in [0.05, 0.1) is 13.0 Å². The lowest BCUT2D eigenvalue weighted by Gasteiger charge is -2.22.